The summed E-state index contributed by atoms with van der Waals surface area (Å²) >= 11 is 0. The minimum atomic E-state index is -1.02. The van der Waals surface area contributed by atoms with Gasteiger partial charge < -0.3 is 15.0 Å². The van der Waals surface area contributed by atoms with Crippen molar-refractivity contribution in [2.24, 2.45) is 5.92 Å². The Kier molecular flexibility index (Phi) is 6.83. The number of aliphatic hydroxyl groups excluding tert-OH is 1. The third-order valence-electron chi connectivity index (χ3n) is 1.98. The van der Waals surface area contributed by atoms with Crippen LogP contribution in [0.1, 0.15) is 25.7 Å². The van der Waals surface area contributed by atoms with Crippen LogP contribution in [0.4, 0.5) is 0 Å². The molecule has 1 saturated carbocycles. The number of carbonyl (C=O) groups is 1. The van der Waals surface area contributed by atoms with Gasteiger partial charge in [-0.15, -0.1) is 0 Å². The summed E-state index contributed by atoms with van der Waals surface area (Å²) in [5, 5.41) is 19.3. The number of hydrogen-bond donors (Lipinski definition) is 1. The Labute approximate surface area is 125 Å². The molecule has 0 aromatic carbocycles. The van der Waals surface area contributed by atoms with E-state index >= 15 is 0 Å². The van der Waals surface area contributed by atoms with Crippen molar-refractivity contribution in [2.75, 3.05) is 0 Å². The van der Waals surface area contributed by atoms with Crippen molar-refractivity contribution in [3.8, 4) is 0 Å². The van der Waals surface area contributed by atoms with Gasteiger partial charge in [0, 0.05) is 11.9 Å². The zero-order valence-corrected chi connectivity index (χ0v) is 13.0. The van der Waals surface area contributed by atoms with Crippen LogP contribution in [-0.2, 0) is 4.79 Å². The van der Waals surface area contributed by atoms with Crippen molar-refractivity contribution in [3.05, 3.63) is 0 Å². The van der Waals surface area contributed by atoms with Gasteiger partial charge in [-0.25, -0.2) is 0 Å². The number of carboxylic acid groups (broad SMARTS) is 1. The molecule has 0 aromatic heterocycles. The van der Waals surface area contributed by atoms with Crippen molar-refractivity contribution in [3.63, 3.8) is 0 Å². The van der Waals surface area contributed by atoms with Crippen LogP contribution in [0, 0.1) is 5.92 Å². The van der Waals surface area contributed by atoms with Crippen LogP contribution in [-0.4, -0.2) is 17.2 Å². The van der Waals surface area contributed by atoms with Gasteiger partial charge in [-0.1, -0.05) is 6.42 Å². The zero-order valence-electron chi connectivity index (χ0n) is 6.75. The van der Waals surface area contributed by atoms with E-state index < -0.39 is 18.0 Å². The van der Waals surface area contributed by atoms with E-state index in [-0.39, 0.29) is 68.9 Å². The second-order valence-electron chi connectivity index (χ2n) is 2.84. The molecule has 1 aliphatic carbocycles. The molecule has 0 aromatic rings. The quantitative estimate of drug-likeness (QED) is 0.536. The third kappa shape index (κ3) is 4.31. The largest absolute Gasteiger partial charge is 1.00 e. The molecule has 0 amide bonds. The van der Waals surface area contributed by atoms with Crippen molar-refractivity contribution >= 4 is 5.97 Å². The number of aliphatic hydroxyl groups is 1. The topological polar surface area (TPSA) is 60.4 Å². The predicted molar refractivity (Wildman–Crippen MR) is 33.0 cm³/mol. The van der Waals surface area contributed by atoms with Crippen LogP contribution in [0.25, 0.3) is 0 Å². The number of carboxylic acids is 1. The van der Waals surface area contributed by atoms with Crippen LogP contribution in [0.3, 0.4) is 0 Å². The summed E-state index contributed by atoms with van der Waals surface area (Å²) in [6.07, 6.45) is 2.17. The molecule has 0 bridgehead atoms. The summed E-state index contributed by atoms with van der Waals surface area (Å²) < 4.78 is 0. The molecule has 58 valence electrons. The molecule has 1 N–H and O–H groups in total. The van der Waals surface area contributed by atoms with E-state index in [0.717, 1.165) is 12.8 Å². The number of hydrogen-bond acceptors (Lipinski definition) is 3. The molecular formula is C7H11CsO3. The van der Waals surface area contributed by atoms with Crippen molar-refractivity contribution < 1.29 is 83.9 Å². The maximum Gasteiger partial charge on any atom is 1.00 e. The fraction of sp³-hybridized carbons (Fsp3) is 0.857. The van der Waals surface area contributed by atoms with Crippen LogP contribution in [0.5, 0.6) is 0 Å². The Morgan fingerprint density at radius 2 is 2.09 bits per heavy atom. The van der Waals surface area contributed by atoms with Gasteiger partial charge in [-0.05, 0) is 19.3 Å². The van der Waals surface area contributed by atoms with Crippen molar-refractivity contribution in [1.82, 2.24) is 0 Å². The molecular weight excluding hydrogens is 265 g/mol. The third-order valence-corrected chi connectivity index (χ3v) is 1.98. The first kappa shape index (κ1) is 12.5. The van der Waals surface area contributed by atoms with E-state index in [9.17, 15) is 9.90 Å². The van der Waals surface area contributed by atoms with E-state index in [2.05, 4.69) is 0 Å². The molecule has 3 nitrogen and oxygen atoms in total. The van der Waals surface area contributed by atoms with E-state index in [0.29, 0.717) is 12.8 Å². The fourth-order valence-corrected chi connectivity index (χ4v) is 1.38. The molecule has 4 heteroatoms. The fourth-order valence-electron chi connectivity index (χ4n) is 1.38. The van der Waals surface area contributed by atoms with Gasteiger partial charge >= 0.3 is 68.9 Å². The maximum atomic E-state index is 10.3. The molecule has 1 aliphatic rings. The van der Waals surface area contributed by atoms with Crippen LogP contribution in [0.15, 0.2) is 0 Å². The van der Waals surface area contributed by atoms with Crippen molar-refractivity contribution in [2.45, 2.75) is 31.8 Å². The summed E-state index contributed by atoms with van der Waals surface area (Å²) in [6, 6.07) is 0. The molecule has 1 rings (SSSR count). The monoisotopic (exact) mass is 276 g/mol. The molecule has 0 heterocycles. The molecule has 2 atom stereocenters. The Hall–Kier alpha value is 1.48. The first-order valence-electron chi connectivity index (χ1n) is 3.59. The number of carbonyl (C=O) groups excluding carboxylic acids is 1. The normalized spacial score (nSPS) is 30.6. The smallest absolute Gasteiger partial charge is 0.550 e. The van der Waals surface area contributed by atoms with Gasteiger partial charge in [0.1, 0.15) is 0 Å². The Morgan fingerprint density at radius 3 is 2.45 bits per heavy atom. The Morgan fingerprint density at radius 1 is 1.45 bits per heavy atom. The van der Waals surface area contributed by atoms with E-state index in [1.165, 1.54) is 0 Å². The van der Waals surface area contributed by atoms with E-state index in [1.807, 2.05) is 0 Å². The standard InChI is InChI=1S/C7H12O3.Cs/c8-6-3-1-2-5(4-6)7(9)10;/h5-6,8H,1-4H2,(H,9,10);/q;+1/p-1/t5-,6+;/m1./s1. The minimum absolute atomic E-state index is 0. The molecule has 0 saturated heterocycles. The van der Waals surface area contributed by atoms with Gasteiger partial charge in [0.15, 0.2) is 0 Å². The predicted octanol–water partition coefficient (Wildman–Crippen LogP) is -3.71. The van der Waals surface area contributed by atoms with Gasteiger partial charge in [-0.2, -0.15) is 0 Å². The summed E-state index contributed by atoms with van der Waals surface area (Å²) in [7, 11) is 0. The summed E-state index contributed by atoms with van der Waals surface area (Å²) in [4.78, 5) is 10.3. The molecule has 0 aliphatic heterocycles. The first-order valence-corrected chi connectivity index (χ1v) is 3.59. The van der Waals surface area contributed by atoms with E-state index in [1.54, 1.807) is 0 Å². The average molecular weight is 276 g/mol. The SMILES string of the molecule is O=C([O-])[C@@H]1CCC[C@H](O)C1.[Cs+]. The first-order chi connectivity index (χ1) is 4.70. The summed E-state index contributed by atoms with van der Waals surface area (Å²) in [5.74, 6) is -1.43. The molecule has 0 spiro atoms. The van der Waals surface area contributed by atoms with Crippen LogP contribution >= 0.6 is 0 Å². The number of rotatable bonds is 1. The van der Waals surface area contributed by atoms with Crippen LogP contribution in [0.2, 0.25) is 0 Å². The second-order valence-corrected chi connectivity index (χ2v) is 2.84. The zero-order chi connectivity index (χ0) is 7.56. The number of aliphatic carboxylic acids is 1. The summed E-state index contributed by atoms with van der Waals surface area (Å²) in [6.45, 7) is 0. The second kappa shape index (κ2) is 6.02. The van der Waals surface area contributed by atoms with Gasteiger partial charge in [-0.3, -0.25) is 0 Å². The van der Waals surface area contributed by atoms with Gasteiger partial charge in [0.05, 0.1) is 6.10 Å². The molecule has 0 radical (unpaired) electrons. The minimum Gasteiger partial charge on any atom is -0.550 e. The van der Waals surface area contributed by atoms with Crippen LogP contribution < -0.4 is 74.0 Å². The summed E-state index contributed by atoms with van der Waals surface area (Å²) in [5.41, 5.74) is 0. The van der Waals surface area contributed by atoms with Gasteiger partial charge in [0.25, 0.3) is 0 Å². The van der Waals surface area contributed by atoms with Gasteiger partial charge in [0.2, 0.25) is 0 Å². The Balaban J connectivity index is 0.000001000. The average Bonchev–Trinajstić information content (AvgIpc) is 1.88. The molecule has 11 heavy (non-hydrogen) atoms. The Bertz CT molecular complexity index is 138. The van der Waals surface area contributed by atoms with E-state index in [4.69, 9.17) is 5.11 Å². The van der Waals surface area contributed by atoms with Crippen molar-refractivity contribution in [1.29, 1.82) is 0 Å². The maximum absolute atomic E-state index is 10.3. The molecule has 1 fully saturated rings. The molecule has 0 unspecified atom stereocenters.